The smallest absolute Gasteiger partial charge is 0.406 e. The molecule has 0 aliphatic heterocycles. The van der Waals surface area contributed by atoms with Crippen molar-refractivity contribution < 1.29 is 17.9 Å². The number of rotatable bonds is 3. The Balaban J connectivity index is 2.39. The molecule has 1 aromatic heterocycles. The number of aromatic nitrogens is 3. The van der Waals surface area contributed by atoms with Crippen molar-refractivity contribution in [1.82, 2.24) is 15.0 Å². The van der Waals surface area contributed by atoms with Gasteiger partial charge in [0.05, 0.1) is 17.3 Å². The molecule has 0 bridgehead atoms. The van der Waals surface area contributed by atoms with Gasteiger partial charge in [0, 0.05) is 5.41 Å². The Bertz CT molecular complexity index is 645. The third-order valence-corrected chi connectivity index (χ3v) is 3.15. The first-order valence-corrected chi connectivity index (χ1v) is 7.02. The largest absolute Gasteiger partial charge is 0.573 e. The summed E-state index contributed by atoms with van der Waals surface area (Å²) in [6, 6.07) is 5.45. The summed E-state index contributed by atoms with van der Waals surface area (Å²) in [6.07, 6.45) is -4.71. The van der Waals surface area contributed by atoms with Crippen LogP contribution in [0.3, 0.4) is 0 Å². The number of nitrogens with zero attached hydrogens (tertiary/aromatic N) is 3. The van der Waals surface area contributed by atoms with E-state index in [9.17, 15) is 13.2 Å². The number of benzene rings is 1. The lowest BCUT2D eigenvalue weighted by Gasteiger charge is -2.21. The maximum Gasteiger partial charge on any atom is 0.573 e. The van der Waals surface area contributed by atoms with E-state index in [-0.39, 0.29) is 17.0 Å². The van der Waals surface area contributed by atoms with Gasteiger partial charge in [0.15, 0.2) is 0 Å². The van der Waals surface area contributed by atoms with Gasteiger partial charge in [0.2, 0.25) is 0 Å². The fourth-order valence-electron chi connectivity index (χ4n) is 2.12. The van der Waals surface area contributed by atoms with Crippen LogP contribution in [0.5, 0.6) is 5.75 Å². The van der Waals surface area contributed by atoms with Crippen molar-refractivity contribution in [3.8, 4) is 11.4 Å². The highest BCUT2D eigenvalue weighted by Crippen LogP contribution is 2.29. The van der Waals surface area contributed by atoms with E-state index in [0.717, 1.165) is 5.69 Å². The van der Waals surface area contributed by atoms with E-state index in [1.165, 1.54) is 24.3 Å². The van der Waals surface area contributed by atoms with Gasteiger partial charge in [-0.25, -0.2) is 4.68 Å². The molecule has 0 N–H and O–H groups in total. The van der Waals surface area contributed by atoms with Crippen LogP contribution in [0.25, 0.3) is 5.69 Å². The van der Waals surface area contributed by atoms with Crippen LogP contribution in [-0.2, 0) is 11.3 Å². The van der Waals surface area contributed by atoms with Gasteiger partial charge in [-0.2, -0.15) is 0 Å². The van der Waals surface area contributed by atoms with Crippen molar-refractivity contribution in [2.45, 2.75) is 38.4 Å². The van der Waals surface area contributed by atoms with Gasteiger partial charge in [-0.15, -0.1) is 29.9 Å². The van der Waals surface area contributed by atoms with E-state index in [4.69, 9.17) is 11.6 Å². The number of hydrogen-bond donors (Lipinski definition) is 0. The van der Waals surface area contributed by atoms with Gasteiger partial charge in [0.1, 0.15) is 11.4 Å². The number of hydrogen-bond acceptors (Lipinski definition) is 3. The van der Waals surface area contributed by atoms with Crippen LogP contribution in [0.4, 0.5) is 13.2 Å². The molecule has 0 radical (unpaired) electrons. The molecule has 1 heterocycles. The summed E-state index contributed by atoms with van der Waals surface area (Å²) >= 11 is 5.88. The van der Waals surface area contributed by atoms with Crippen molar-refractivity contribution in [2.75, 3.05) is 0 Å². The van der Waals surface area contributed by atoms with Crippen molar-refractivity contribution in [2.24, 2.45) is 0 Å². The molecule has 22 heavy (non-hydrogen) atoms. The predicted molar refractivity (Wildman–Crippen MR) is 76.3 cm³/mol. The quantitative estimate of drug-likeness (QED) is 0.790. The molecular weight excluding hydrogens is 319 g/mol. The summed E-state index contributed by atoms with van der Waals surface area (Å²) in [5.41, 5.74) is 1.77. The van der Waals surface area contributed by atoms with Crippen molar-refractivity contribution in [1.29, 1.82) is 0 Å². The summed E-state index contributed by atoms with van der Waals surface area (Å²) in [5.74, 6) is -0.0757. The zero-order valence-corrected chi connectivity index (χ0v) is 13.0. The third-order valence-electron chi connectivity index (χ3n) is 2.89. The summed E-state index contributed by atoms with van der Waals surface area (Å²) < 4.78 is 41.9. The van der Waals surface area contributed by atoms with Crippen LogP contribution < -0.4 is 4.74 Å². The molecule has 1 aromatic carbocycles. The van der Waals surface area contributed by atoms with Crippen LogP contribution in [0.15, 0.2) is 24.3 Å². The van der Waals surface area contributed by atoms with Crippen molar-refractivity contribution in [3.05, 3.63) is 35.7 Å². The minimum Gasteiger partial charge on any atom is -0.406 e. The Morgan fingerprint density at radius 3 is 2.18 bits per heavy atom. The maximum absolute atomic E-state index is 12.2. The average molecular weight is 334 g/mol. The lowest BCUT2D eigenvalue weighted by atomic mass is 9.90. The molecule has 0 spiro atoms. The predicted octanol–water partition coefficient (Wildman–Crippen LogP) is 4.20. The second kappa shape index (κ2) is 5.79. The molecule has 4 nitrogen and oxygen atoms in total. The van der Waals surface area contributed by atoms with Crippen LogP contribution in [0, 0.1) is 0 Å². The Morgan fingerprint density at radius 2 is 1.73 bits per heavy atom. The standard InChI is InChI=1S/C14H15ClF3N3O/c1-13(2,3)12-11(8-15)19-20-21(12)9-4-6-10(7-5-9)22-14(16,17)18/h4-7H,8H2,1-3H3. The molecule has 120 valence electrons. The van der Waals surface area contributed by atoms with E-state index < -0.39 is 6.36 Å². The highest BCUT2D eigenvalue weighted by molar-refractivity contribution is 6.17. The molecular formula is C14H15ClF3N3O. The van der Waals surface area contributed by atoms with Crippen LogP contribution in [0.1, 0.15) is 32.2 Å². The minimum atomic E-state index is -4.71. The van der Waals surface area contributed by atoms with E-state index in [1.807, 2.05) is 20.8 Å². The lowest BCUT2D eigenvalue weighted by molar-refractivity contribution is -0.274. The monoisotopic (exact) mass is 333 g/mol. The normalized spacial score (nSPS) is 12.5. The Morgan fingerprint density at radius 1 is 1.14 bits per heavy atom. The molecule has 0 amide bonds. The molecule has 0 aliphatic carbocycles. The summed E-state index contributed by atoms with van der Waals surface area (Å²) in [7, 11) is 0. The van der Waals surface area contributed by atoms with Crippen LogP contribution in [-0.4, -0.2) is 21.4 Å². The minimum absolute atomic E-state index is 0.210. The molecule has 0 atom stereocenters. The molecule has 0 saturated carbocycles. The number of ether oxygens (including phenoxy) is 1. The maximum atomic E-state index is 12.2. The highest BCUT2D eigenvalue weighted by atomic mass is 35.5. The molecule has 0 fully saturated rings. The van der Waals surface area contributed by atoms with E-state index in [1.54, 1.807) is 4.68 Å². The summed E-state index contributed by atoms with van der Waals surface area (Å²) in [6.45, 7) is 5.96. The van der Waals surface area contributed by atoms with Gasteiger partial charge in [-0.3, -0.25) is 0 Å². The van der Waals surface area contributed by atoms with E-state index in [0.29, 0.717) is 11.4 Å². The molecule has 0 unspecified atom stereocenters. The fraction of sp³-hybridized carbons (Fsp3) is 0.429. The number of halogens is 4. The van der Waals surface area contributed by atoms with Gasteiger partial charge in [-0.05, 0) is 24.3 Å². The van der Waals surface area contributed by atoms with Crippen LogP contribution in [0.2, 0.25) is 0 Å². The molecule has 0 saturated heterocycles. The molecule has 8 heteroatoms. The van der Waals surface area contributed by atoms with Gasteiger partial charge >= 0.3 is 6.36 Å². The Kier molecular flexibility index (Phi) is 4.37. The molecule has 2 aromatic rings. The lowest BCUT2D eigenvalue weighted by Crippen LogP contribution is -2.19. The second-order valence-electron chi connectivity index (χ2n) is 5.72. The van der Waals surface area contributed by atoms with E-state index in [2.05, 4.69) is 15.0 Å². The summed E-state index contributed by atoms with van der Waals surface area (Å²) in [5, 5.41) is 8.08. The van der Waals surface area contributed by atoms with E-state index >= 15 is 0 Å². The third kappa shape index (κ3) is 3.71. The average Bonchev–Trinajstić information content (AvgIpc) is 2.81. The SMILES string of the molecule is CC(C)(C)c1c(CCl)nnn1-c1ccc(OC(F)(F)F)cc1. The van der Waals surface area contributed by atoms with Gasteiger partial charge in [-0.1, -0.05) is 26.0 Å². The van der Waals surface area contributed by atoms with Gasteiger partial charge < -0.3 is 4.74 Å². The Hall–Kier alpha value is -1.76. The first-order chi connectivity index (χ1) is 10.1. The molecule has 0 aliphatic rings. The number of alkyl halides is 4. The first kappa shape index (κ1) is 16.6. The summed E-state index contributed by atoms with van der Waals surface area (Å²) in [4.78, 5) is 0. The zero-order chi connectivity index (χ0) is 16.5. The molecule has 2 rings (SSSR count). The van der Waals surface area contributed by atoms with Crippen LogP contribution >= 0.6 is 11.6 Å². The van der Waals surface area contributed by atoms with Crippen molar-refractivity contribution >= 4 is 11.6 Å². The highest BCUT2D eigenvalue weighted by Gasteiger charge is 2.31. The van der Waals surface area contributed by atoms with Crippen molar-refractivity contribution in [3.63, 3.8) is 0 Å². The Labute approximate surface area is 130 Å². The zero-order valence-electron chi connectivity index (χ0n) is 12.3. The van der Waals surface area contributed by atoms with Gasteiger partial charge in [0.25, 0.3) is 0 Å². The second-order valence-corrected chi connectivity index (χ2v) is 5.99. The fourth-order valence-corrected chi connectivity index (χ4v) is 2.30. The first-order valence-electron chi connectivity index (χ1n) is 6.49. The topological polar surface area (TPSA) is 39.9 Å².